The average Bonchev–Trinajstić information content (AvgIpc) is 2.84. The molecule has 21 heavy (non-hydrogen) atoms. The quantitative estimate of drug-likeness (QED) is 0.784. The molecule has 7 nitrogen and oxygen atoms in total. The molecule has 1 aromatic heterocycles. The smallest absolute Gasteiger partial charge is 0.328 e. The number of nitrogens with one attached hydrogen (secondary N) is 1. The van der Waals surface area contributed by atoms with Crippen molar-refractivity contribution in [3.05, 3.63) is 12.3 Å². The SMILES string of the molecule is CC(OC(=O)Cn1ccc(N)n1)C(=O)NC1CCCCC1. The molecule has 0 radical (unpaired) electrons. The molecule has 1 fully saturated rings. The van der Waals surface area contributed by atoms with Gasteiger partial charge in [0.25, 0.3) is 5.91 Å². The van der Waals surface area contributed by atoms with Gasteiger partial charge in [-0.1, -0.05) is 19.3 Å². The Bertz CT molecular complexity index is 494. The molecule has 116 valence electrons. The zero-order valence-electron chi connectivity index (χ0n) is 12.2. The molecule has 1 aromatic rings. The molecule has 7 heteroatoms. The Labute approximate surface area is 123 Å². The fourth-order valence-electron chi connectivity index (χ4n) is 2.45. The van der Waals surface area contributed by atoms with Gasteiger partial charge in [0, 0.05) is 12.2 Å². The van der Waals surface area contributed by atoms with Gasteiger partial charge in [-0.05, 0) is 25.8 Å². The molecule has 2 rings (SSSR count). The van der Waals surface area contributed by atoms with Gasteiger partial charge in [0.2, 0.25) is 0 Å². The van der Waals surface area contributed by atoms with E-state index in [-0.39, 0.29) is 18.5 Å². The number of carbonyl (C=O) groups is 2. The zero-order valence-corrected chi connectivity index (χ0v) is 12.2. The van der Waals surface area contributed by atoms with Crippen LogP contribution in [0, 0.1) is 0 Å². The molecule has 1 atom stereocenters. The van der Waals surface area contributed by atoms with E-state index in [1.54, 1.807) is 19.2 Å². The normalized spacial score (nSPS) is 17.2. The lowest BCUT2D eigenvalue weighted by atomic mass is 9.95. The van der Waals surface area contributed by atoms with Crippen molar-refractivity contribution in [3.8, 4) is 0 Å². The highest BCUT2D eigenvalue weighted by Crippen LogP contribution is 2.17. The summed E-state index contributed by atoms with van der Waals surface area (Å²) in [7, 11) is 0. The molecule has 0 aliphatic heterocycles. The third-order valence-electron chi connectivity index (χ3n) is 3.58. The Hall–Kier alpha value is -2.05. The number of amides is 1. The number of nitrogen functional groups attached to an aromatic ring is 1. The molecule has 0 saturated heterocycles. The number of aromatic nitrogens is 2. The number of nitrogens with two attached hydrogens (primary N) is 1. The van der Waals surface area contributed by atoms with Crippen molar-refractivity contribution in [2.45, 2.75) is 57.7 Å². The van der Waals surface area contributed by atoms with Crippen molar-refractivity contribution in [1.82, 2.24) is 15.1 Å². The van der Waals surface area contributed by atoms with Crippen LogP contribution in [0.5, 0.6) is 0 Å². The summed E-state index contributed by atoms with van der Waals surface area (Å²) in [5, 5.41) is 6.82. The van der Waals surface area contributed by atoms with E-state index in [0.717, 1.165) is 25.7 Å². The van der Waals surface area contributed by atoms with Gasteiger partial charge in [-0.2, -0.15) is 5.10 Å². The Morgan fingerprint density at radius 3 is 2.81 bits per heavy atom. The standard InChI is InChI=1S/C14H22N4O3/c1-10(14(20)16-11-5-3-2-4-6-11)21-13(19)9-18-8-7-12(15)17-18/h7-8,10-11H,2-6,9H2,1H3,(H2,15,17)(H,16,20). The lowest BCUT2D eigenvalue weighted by molar-refractivity contribution is -0.155. The Morgan fingerprint density at radius 1 is 1.48 bits per heavy atom. The van der Waals surface area contributed by atoms with E-state index in [0.29, 0.717) is 5.82 Å². The van der Waals surface area contributed by atoms with Crippen molar-refractivity contribution in [1.29, 1.82) is 0 Å². The minimum Gasteiger partial charge on any atom is -0.451 e. The third kappa shape index (κ3) is 4.77. The predicted octanol–water partition coefficient (Wildman–Crippen LogP) is 0.846. The zero-order chi connectivity index (χ0) is 15.2. The van der Waals surface area contributed by atoms with Crippen LogP contribution >= 0.6 is 0 Å². The number of ether oxygens (including phenoxy) is 1. The van der Waals surface area contributed by atoms with Gasteiger partial charge in [0.15, 0.2) is 6.10 Å². The van der Waals surface area contributed by atoms with Gasteiger partial charge in [0.05, 0.1) is 0 Å². The fourth-order valence-corrected chi connectivity index (χ4v) is 2.45. The van der Waals surface area contributed by atoms with Crippen molar-refractivity contribution in [2.75, 3.05) is 5.73 Å². The Balaban J connectivity index is 1.75. The first-order valence-corrected chi connectivity index (χ1v) is 7.33. The summed E-state index contributed by atoms with van der Waals surface area (Å²) in [5.74, 6) is -0.412. The topological polar surface area (TPSA) is 99.2 Å². The van der Waals surface area contributed by atoms with E-state index in [2.05, 4.69) is 10.4 Å². The summed E-state index contributed by atoms with van der Waals surface area (Å²) >= 11 is 0. The number of hydrogen-bond acceptors (Lipinski definition) is 5. The summed E-state index contributed by atoms with van der Waals surface area (Å²) < 4.78 is 6.49. The van der Waals surface area contributed by atoms with Crippen LogP contribution in [0.4, 0.5) is 5.82 Å². The highest BCUT2D eigenvalue weighted by molar-refractivity contribution is 5.83. The van der Waals surface area contributed by atoms with Gasteiger partial charge in [0.1, 0.15) is 12.4 Å². The van der Waals surface area contributed by atoms with E-state index < -0.39 is 12.1 Å². The molecule has 1 saturated carbocycles. The van der Waals surface area contributed by atoms with E-state index >= 15 is 0 Å². The van der Waals surface area contributed by atoms with Crippen molar-refractivity contribution >= 4 is 17.7 Å². The Morgan fingerprint density at radius 2 is 2.19 bits per heavy atom. The van der Waals surface area contributed by atoms with E-state index in [9.17, 15) is 9.59 Å². The van der Waals surface area contributed by atoms with Crippen LogP contribution in [0.1, 0.15) is 39.0 Å². The predicted molar refractivity (Wildman–Crippen MR) is 77.2 cm³/mol. The molecule has 0 aromatic carbocycles. The number of rotatable bonds is 5. The first-order valence-electron chi connectivity index (χ1n) is 7.33. The van der Waals surface area contributed by atoms with Gasteiger partial charge in [-0.3, -0.25) is 14.3 Å². The largest absolute Gasteiger partial charge is 0.451 e. The fraction of sp³-hybridized carbons (Fsp3) is 0.643. The molecular formula is C14H22N4O3. The molecule has 0 spiro atoms. The van der Waals surface area contributed by atoms with E-state index in [1.165, 1.54) is 11.1 Å². The summed E-state index contributed by atoms with van der Waals surface area (Å²) in [6.45, 7) is 1.52. The number of hydrogen-bond donors (Lipinski definition) is 2. The van der Waals surface area contributed by atoms with E-state index in [1.807, 2.05) is 0 Å². The minimum absolute atomic E-state index is 0.0573. The number of nitrogens with zero attached hydrogens (tertiary/aromatic N) is 2. The van der Waals surface area contributed by atoms with Crippen LogP contribution in [-0.4, -0.2) is 33.8 Å². The molecule has 0 bridgehead atoms. The maximum atomic E-state index is 12.0. The molecule has 1 unspecified atom stereocenters. The molecule has 1 heterocycles. The third-order valence-corrected chi connectivity index (χ3v) is 3.58. The summed E-state index contributed by atoms with van der Waals surface area (Å²) in [4.78, 5) is 23.7. The lowest BCUT2D eigenvalue weighted by Gasteiger charge is -2.24. The molecule has 1 amide bonds. The molecule has 1 aliphatic rings. The second-order valence-electron chi connectivity index (χ2n) is 5.41. The summed E-state index contributed by atoms with van der Waals surface area (Å²) in [6.07, 6.45) is 6.29. The second kappa shape index (κ2) is 7.10. The molecule has 1 aliphatic carbocycles. The molecular weight excluding hydrogens is 272 g/mol. The monoisotopic (exact) mass is 294 g/mol. The number of anilines is 1. The minimum atomic E-state index is -0.799. The highest BCUT2D eigenvalue weighted by Gasteiger charge is 2.22. The number of carbonyl (C=O) groups excluding carboxylic acids is 2. The van der Waals surface area contributed by atoms with Crippen LogP contribution in [-0.2, 0) is 20.9 Å². The van der Waals surface area contributed by atoms with Crippen LogP contribution < -0.4 is 11.1 Å². The van der Waals surface area contributed by atoms with Crippen LogP contribution in [0.15, 0.2) is 12.3 Å². The summed E-state index contributed by atoms with van der Waals surface area (Å²) in [5.41, 5.74) is 5.46. The Kier molecular flexibility index (Phi) is 5.19. The van der Waals surface area contributed by atoms with Crippen LogP contribution in [0.2, 0.25) is 0 Å². The maximum absolute atomic E-state index is 12.0. The molecule has 3 N–H and O–H groups in total. The second-order valence-corrected chi connectivity index (χ2v) is 5.41. The number of esters is 1. The van der Waals surface area contributed by atoms with Gasteiger partial charge in [-0.15, -0.1) is 0 Å². The van der Waals surface area contributed by atoms with Gasteiger partial charge < -0.3 is 15.8 Å². The van der Waals surface area contributed by atoms with Crippen LogP contribution in [0.25, 0.3) is 0 Å². The van der Waals surface area contributed by atoms with Crippen LogP contribution in [0.3, 0.4) is 0 Å². The maximum Gasteiger partial charge on any atom is 0.328 e. The first kappa shape index (κ1) is 15.3. The van der Waals surface area contributed by atoms with Crippen molar-refractivity contribution in [2.24, 2.45) is 0 Å². The van der Waals surface area contributed by atoms with E-state index in [4.69, 9.17) is 10.5 Å². The first-order chi connectivity index (χ1) is 10.0. The lowest BCUT2D eigenvalue weighted by Crippen LogP contribution is -2.43. The van der Waals surface area contributed by atoms with Gasteiger partial charge >= 0.3 is 5.97 Å². The van der Waals surface area contributed by atoms with Gasteiger partial charge in [-0.25, -0.2) is 0 Å². The summed E-state index contributed by atoms with van der Waals surface area (Å²) in [6, 6.07) is 1.80. The van der Waals surface area contributed by atoms with Crippen molar-refractivity contribution < 1.29 is 14.3 Å². The van der Waals surface area contributed by atoms with Crippen molar-refractivity contribution in [3.63, 3.8) is 0 Å². The average molecular weight is 294 g/mol. The highest BCUT2D eigenvalue weighted by atomic mass is 16.5.